The highest BCUT2D eigenvalue weighted by atomic mass is 16.7. The number of carbonyl (C=O) groups is 4. The zero-order chi connectivity index (χ0) is 20.8. The lowest BCUT2D eigenvalue weighted by atomic mass is 10.2. The Hall–Kier alpha value is -3.45. The average Bonchev–Trinajstić information content (AvgIpc) is 2.80. The van der Waals surface area contributed by atoms with Gasteiger partial charge in [0.15, 0.2) is 11.1 Å². The molecule has 1 atom stereocenters. The van der Waals surface area contributed by atoms with Gasteiger partial charge in [-0.25, -0.2) is 24.7 Å². The first-order valence-corrected chi connectivity index (χ1v) is 7.67. The number of carbonyl (C=O) groups excluding carboxylic acids is 4. The minimum absolute atomic E-state index is 0.117. The normalized spacial score (nSPS) is 16.0. The zero-order valence-electron chi connectivity index (χ0n) is 14.9. The fourth-order valence-electron chi connectivity index (χ4n) is 1.76. The number of hydroxylamine groups is 2. The smallest absolute Gasteiger partial charge is 0.408 e. The van der Waals surface area contributed by atoms with Crippen molar-refractivity contribution in [3.05, 3.63) is 10.1 Å². The fraction of sp³-hybridized carbons (Fsp3) is 0.615. The van der Waals surface area contributed by atoms with Crippen LogP contribution in [0.15, 0.2) is 4.99 Å². The summed E-state index contributed by atoms with van der Waals surface area (Å²) in [6, 6.07) is -1.53. The number of hydrazine groups is 1. The lowest BCUT2D eigenvalue weighted by Crippen LogP contribution is -2.49. The van der Waals surface area contributed by atoms with Gasteiger partial charge in [0.25, 0.3) is 17.8 Å². The van der Waals surface area contributed by atoms with Crippen LogP contribution in [0, 0.1) is 10.1 Å². The maximum absolute atomic E-state index is 12.2. The Balaban J connectivity index is 2.86. The van der Waals surface area contributed by atoms with E-state index in [2.05, 4.69) is 10.3 Å². The second-order valence-electron chi connectivity index (χ2n) is 6.29. The van der Waals surface area contributed by atoms with Gasteiger partial charge >= 0.3 is 12.1 Å². The summed E-state index contributed by atoms with van der Waals surface area (Å²) in [5.41, 5.74) is 5.92. The van der Waals surface area contributed by atoms with Crippen LogP contribution in [0.2, 0.25) is 0 Å². The van der Waals surface area contributed by atoms with Crippen LogP contribution >= 0.6 is 0 Å². The van der Waals surface area contributed by atoms with Gasteiger partial charge in [0.1, 0.15) is 5.60 Å². The quantitative estimate of drug-likeness (QED) is 0.160. The van der Waals surface area contributed by atoms with Crippen molar-refractivity contribution in [2.75, 3.05) is 6.54 Å². The molecule has 1 aliphatic heterocycles. The Morgan fingerprint density at radius 1 is 1.33 bits per heavy atom. The molecule has 3 amide bonds. The molecule has 0 radical (unpaired) electrons. The van der Waals surface area contributed by atoms with Crippen LogP contribution in [0.25, 0.3) is 0 Å². The van der Waals surface area contributed by atoms with E-state index in [1.807, 2.05) is 0 Å². The molecule has 0 aromatic carbocycles. The predicted octanol–water partition coefficient (Wildman–Crippen LogP) is -1.42. The van der Waals surface area contributed by atoms with E-state index in [0.29, 0.717) is 0 Å². The van der Waals surface area contributed by atoms with Crippen molar-refractivity contribution in [1.82, 2.24) is 15.8 Å². The van der Waals surface area contributed by atoms with Crippen LogP contribution in [-0.4, -0.2) is 58.1 Å². The molecule has 1 unspecified atom stereocenters. The Morgan fingerprint density at radius 3 is 2.37 bits per heavy atom. The number of nitrogens with zero attached hydrogens (tertiary/aromatic N) is 3. The van der Waals surface area contributed by atoms with Crippen LogP contribution in [0.3, 0.4) is 0 Å². The highest BCUT2D eigenvalue weighted by molar-refractivity contribution is 6.01. The van der Waals surface area contributed by atoms with Gasteiger partial charge in [0.05, 0.1) is 6.54 Å². The third-order valence-corrected chi connectivity index (χ3v) is 2.81. The predicted molar refractivity (Wildman–Crippen MR) is 87.0 cm³/mol. The Labute approximate surface area is 153 Å². The van der Waals surface area contributed by atoms with Crippen LogP contribution in [0.5, 0.6) is 0 Å². The number of alkyl carbamates (subject to hydrolysis) is 1. The molecule has 1 heterocycles. The number of nitro groups is 1. The number of hydrogen-bond donors (Lipinski definition) is 3. The molecule has 14 heteroatoms. The van der Waals surface area contributed by atoms with Crippen molar-refractivity contribution >= 4 is 29.8 Å². The summed E-state index contributed by atoms with van der Waals surface area (Å²) in [6.07, 6.45) is -1.25. The van der Waals surface area contributed by atoms with Gasteiger partial charge in [-0.2, -0.15) is 0 Å². The summed E-state index contributed by atoms with van der Waals surface area (Å²) in [5.74, 6) is -3.29. The molecule has 0 aliphatic carbocycles. The lowest BCUT2D eigenvalue weighted by molar-refractivity contribution is -0.525. The molecule has 0 bridgehead atoms. The van der Waals surface area contributed by atoms with Gasteiger partial charge in [0, 0.05) is 12.8 Å². The molecule has 1 fully saturated rings. The van der Waals surface area contributed by atoms with Crippen LogP contribution in [0.4, 0.5) is 4.79 Å². The molecule has 1 rings (SSSR count). The van der Waals surface area contributed by atoms with Crippen molar-refractivity contribution < 1.29 is 33.8 Å². The highest BCUT2D eigenvalue weighted by Gasteiger charge is 2.35. The summed E-state index contributed by atoms with van der Waals surface area (Å²) >= 11 is 0. The van der Waals surface area contributed by atoms with E-state index in [1.165, 1.54) is 0 Å². The van der Waals surface area contributed by atoms with Gasteiger partial charge in [-0.05, 0) is 20.8 Å². The summed E-state index contributed by atoms with van der Waals surface area (Å²) in [4.78, 5) is 65.7. The third kappa shape index (κ3) is 7.54. The van der Waals surface area contributed by atoms with Gasteiger partial charge in [-0.15, -0.1) is 5.06 Å². The number of hydrogen-bond acceptors (Lipinski definition) is 9. The minimum atomic E-state index is -1.53. The maximum atomic E-state index is 12.2. The SMILES string of the molecule is CC(C)(C)OC(=O)NC(CN=C(N)N[N+](=O)[O-])C(=O)ON1C(=O)CCC1=O. The van der Waals surface area contributed by atoms with Crippen molar-refractivity contribution in [2.24, 2.45) is 10.7 Å². The van der Waals surface area contributed by atoms with Gasteiger partial charge in [-0.3, -0.25) is 9.59 Å². The molecule has 0 saturated carbocycles. The molecule has 150 valence electrons. The summed E-state index contributed by atoms with van der Waals surface area (Å²) in [5, 5.41) is 11.7. The average molecular weight is 388 g/mol. The second kappa shape index (κ2) is 8.77. The van der Waals surface area contributed by atoms with Crippen molar-refractivity contribution in [3.8, 4) is 0 Å². The molecule has 27 heavy (non-hydrogen) atoms. The molecule has 0 spiro atoms. The van der Waals surface area contributed by atoms with Gasteiger partial charge < -0.3 is 20.6 Å². The van der Waals surface area contributed by atoms with E-state index in [4.69, 9.17) is 15.3 Å². The van der Waals surface area contributed by atoms with E-state index in [0.717, 1.165) is 0 Å². The standard InChI is InChI=1S/C13H20N6O8/c1-13(2,3)26-12(23)16-7(6-15-11(14)17-19(24)25)10(22)27-18-8(20)4-5-9(18)21/h7H,4-6H2,1-3H3,(H,16,23)(H3,14,15,17). The molecule has 0 aromatic heterocycles. The minimum Gasteiger partial charge on any atom is -0.444 e. The molecule has 4 N–H and O–H groups in total. The number of ether oxygens (including phenoxy) is 1. The van der Waals surface area contributed by atoms with Crippen LogP contribution in [-0.2, 0) is 24.0 Å². The first kappa shape index (κ1) is 21.6. The molecular formula is C13H20N6O8. The number of nitrogens with two attached hydrogens (primary N) is 1. The number of nitrogens with one attached hydrogen (secondary N) is 2. The van der Waals surface area contributed by atoms with Crippen molar-refractivity contribution in [3.63, 3.8) is 0 Å². The van der Waals surface area contributed by atoms with Crippen LogP contribution in [0.1, 0.15) is 33.6 Å². The summed E-state index contributed by atoms with van der Waals surface area (Å²) in [7, 11) is 0. The Bertz CT molecular complexity index is 654. The molecule has 1 saturated heterocycles. The van der Waals surface area contributed by atoms with E-state index in [1.54, 1.807) is 26.2 Å². The van der Waals surface area contributed by atoms with Crippen molar-refractivity contribution in [2.45, 2.75) is 45.3 Å². The zero-order valence-corrected chi connectivity index (χ0v) is 14.9. The molecular weight excluding hydrogens is 368 g/mol. The Morgan fingerprint density at radius 2 is 1.89 bits per heavy atom. The topological polar surface area (TPSA) is 196 Å². The summed E-state index contributed by atoms with van der Waals surface area (Å²) < 4.78 is 4.99. The highest BCUT2D eigenvalue weighted by Crippen LogP contribution is 2.13. The summed E-state index contributed by atoms with van der Waals surface area (Å²) in [6.45, 7) is 4.16. The molecule has 14 nitrogen and oxygen atoms in total. The number of amides is 3. The van der Waals surface area contributed by atoms with E-state index in [9.17, 15) is 29.3 Å². The van der Waals surface area contributed by atoms with Gasteiger partial charge in [-0.1, -0.05) is 5.43 Å². The van der Waals surface area contributed by atoms with E-state index >= 15 is 0 Å². The number of imide groups is 1. The van der Waals surface area contributed by atoms with E-state index in [-0.39, 0.29) is 17.9 Å². The monoisotopic (exact) mass is 388 g/mol. The number of rotatable bonds is 6. The Kier molecular flexibility index (Phi) is 7.02. The van der Waals surface area contributed by atoms with E-state index < -0.39 is 53.1 Å². The first-order valence-electron chi connectivity index (χ1n) is 7.67. The maximum Gasteiger partial charge on any atom is 0.408 e. The third-order valence-electron chi connectivity index (χ3n) is 2.81. The number of guanidine groups is 1. The molecule has 1 aliphatic rings. The number of aliphatic imine (C=N–C) groups is 1. The van der Waals surface area contributed by atoms with Crippen molar-refractivity contribution in [1.29, 1.82) is 0 Å². The second-order valence-corrected chi connectivity index (χ2v) is 6.29. The lowest BCUT2D eigenvalue weighted by Gasteiger charge is -2.23. The van der Waals surface area contributed by atoms with Gasteiger partial charge in [0.2, 0.25) is 0 Å². The van der Waals surface area contributed by atoms with Crippen LogP contribution < -0.4 is 16.5 Å². The molecule has 0 aromatic rings. The first-order chi connectivity index (χ1) is 12.4. The fourth-order valence-corrected chi connectivity index (χ4v) is 1.76. The largest absolute Gasteiger partial charge is 0.444 e.